The van der Waals surface area contributed by atoms with E-state index in [2.05, 4.69) is 70.1 Å². The molecule has 29 heavy (non-hydrogen) atoms. The average molecular weight is 407 g/mol. The van der Waals surface area contributed by atoms with Gasteiger partial charge in [-0.05, 0) is 81.5 Å². The lowest BCUT2D eigenvalue weighted by atomic mass is 10.0. The van der Waals surface area contributed by atoms with Crippen LogP contribution in [-0.2, 0) is 0 Å². The Labute approximate surface area is 177 Å². The summed E-state index contributed by atoms with van der Waals surface area (Å²) in [6.07, 6.45) is 3.93. The number of aromatic nitrogens is 2. The summed E-state index contributed by atoms with van der Waals surface area (Å²) in [5, 5.41) is 4.27. The van der Waals surface area contributed by atoms with Crippen molar-refractivity contribution >= 4 is 17.3 Å². The van der Waals surface area contributed by atoms with Gasteiger partial charge in [0, 0.05) is 29.8 Å². The van der Waals surface area contributed by atoms with E-state index in [0.29, 0.717) is 6.61 Å². The van der Waals surface area contributed by atoms with Crippen LogP contribution in [0.25, 0.3) is 5.69 Å². The number of pyridine rings is 1. The number of hydrogen-bond donors (Lipinski definition) is 1. The van der Waals surface area contributed by atoms with Crippen molar-refractivity contribution in [2.24, 2.45) is 0 Å². The number of nitrogens with one attached hydrogen (secondary N) is 1. The zero-order chi connectivity index (χ0) is 20.4. The van der Waals surface area contributed by atoms with Crippen LogP contribution < -0.4 is 10.1 Å². The smallest absolute Gasteiger partial charge is 0.170 e. The van der Waals surface area contributed by atoms with Gasteiger partial charge in [-0.2, -0.15) is 0 Å². The number of rotatable bonds is 6. The van der Waals surface area contributed by atoms with Gasteiger partial charge in [0.25, 0.3) is 0 Å². The molecule has 0 saturated carbocycles. The molecule has 4 rings (SSSR count). The van der Waals surface area contributed by atoms with Gasteiger partial charge in [0.05, 0.1) is 24.4 Å². The van der Waals surface area contributed by atoms with Crippen LogP contribution in [0.15, 0.2) is 67.0 Å². The highest BCUT2D eigenvalue weighted by molar-refractivity contribution is 7.80. The average Bonchev–Trinajstić information content (AvgIpc) is 3.33. The quantitative estimate of drug-likeness (QED) is 0.604. The van der Waals surface area contributed by atoms with Gasteiger partial charge in [-0.1, -0.05) is 6.07 Å². The molecule has 150 valence electrons. The first-order valence-corrected chi connectivity index (χ1v) is 10.4. The molecule has 6 heteroatoms. The van der Waals surface area contributed by atoms with Gasteiger partial charge in [-0.3, -0.25) is 4.98 Å². The monoisotopic (exact) mass is 406 g/mol. The predicted molar refractivity (Wildman–Crippen MR) is 119 cm³/mol. The van der Waals surface area contributed by atoms with Crippen LogP contribution >= 0.6 is 12.2 Å². The lowest BCUT2D eigenvalue weighted by molar-refractivity contribution is 0.262. The van der Waals surface area contributed by atoms with Crippen molar-refractivity contribution in [2.45, 2.75) is 38.9 Å². The van der Waals surface area contributed by atoms with Crippen LogP contribution in [0.1, 0.15) is 44.2 Å². The Kier molecular flexibility index (Phi) is 5.53. The first-order valence-electron chi connectivity index (χ1n) is 10.0. The zero-order valence-corrected chi connectivity index (χ0v) is 17.8. The minimum absolute atomic E-state index is 0.0116. The fourth-order valence-electron chi connectivity index (χ4n) is 3.98. The Bertz CT molecular complexity index is 968. The van der Waals surface area contributed by atoms with E-state index in [4.69, 9.17) is 17.0 Å². The Morgan fingerprint density at radius 3 is 2.55 bits per heavy atom. The van der Waals surface area contributed by atoms with Crippen LogP contribution in [0.2, 0.25) is 0 Å². The van der Waals surface area contributed by atoms with E-state index in [0.717, 1.165) is 22.2 Å². The summed E-state index contributed by atoms with van der Waals surface area (Å²) in [5.74, 6) is 0.879. The van der Waals surface area contributed by atoms with E-state index in [9.17, 15) is 0 Å². The molecule has 1 saturated heterocycles. The molecule has 0 spiro atoms. The lowest BCUT2D eigenvalue weighted by Gasteiger charge is -2.31. The third-order valence-electron chi connectivity index (χ3n) is 5.20. The van der Waals surface area contributed by atoms with E-state index in [1.165, 1.54) is 5.69 Å². The molecule has 1 aliphatic rings. The molecule has 0 amide bonds. The van der Waals surface area contributed by atoms with Gasteiger partial charge in [-0.25, -0.2) is 0 Å². The van der Waals surface area contributed by atoms with Crippen LogP contribution in [0.3, 0.4) is 0 Å². The third kappa shape index (κ3) is 3.72. The van der Waals surface area contributed by atoms with Gasteiger partial charge < -0.3 is 19.5 Å². The molecule has 2 aromatic heterocycles. The topological polar surface area (TPSA) is 42.3 Å². The highest BCUT2D eigenvalue weighted by atomic mass is 32.1. The molecular formula is C23H26N4OS. The molecule has 5 nitrogen and oxygen atoms in total. The Morgan fingerprint density at radius 2 is 1.90 bits per heavy atom. The summed E-state index contributed by atoms with van der Waals surface area (Å²) < 4.78 is 7.82. The van der Waals surface area contributed by atoms with Gasteiger partial charge >= 0.3 is 0 Å². The second-order valence-corrected chi connectivity index (χ2v) is 7.74. The van der Waals surface area contributed by atoms with Crippen LogP contribution in [0, 0.1) is 0 Å². The summed E-state index contributed by atoms with van der Waals surface area (Å²) in [4.78, 5) is 6.88. The molecule has 0 radical (unpaired) electrons. The first kappa shape index (κ1) is 19.5. The fourth-order valence-corrected chi connectivity index (χ4v) is 4.43. The largest absolute Gasteiger partial charge is 0.494 e. The number of hydrogen-bond acceptors (Lipinski definition) is 3. The van der Waals surface area contributed by atoms with Gasteiger partial charge in [0.1, 0.15) is 5.75 Å². The zero-order valence-electron chi connectivity index (χ0n) is 16.9. The van der Waals surface area contributed by atoms with E-state index in [-0.39, 0.29) is 18.1 Å². The summed E-state index contributed by atoms with van der Waals surface area (Å²) in [6.45, 7) is 7.00. The molecule has 1 aliphatic heterocycles. The Balaban J connectivity index is 1.77. The molecule has 0 unspecified atom stereocenters. The Morgan fingerprint density at radius 1 is 1.10 bits per heavy atom. The Hall–Kier alpha value is -2.86. The second kappa shape index (κ2) is 8.25. The SMILES string of the molecule is CCOc1ccc(-n2cccc2[C@@H]2[C@H](c3ccccn3)NC(=S)N2C(C)C)cc1. The summed E-state index contributed by atoms with van der Waals surface area (Å²) >= 11 is 5.71. The maximum absolute atomic E-state index is 5.71. The standard InChI is InChI=1S/C23H26N4OS/c1-4-28-18-12-10-17(11-13-18)26-15-7-9-20(26)22-21(19-8-5-6-14-24-19)25-23(29)27(22)16(2)3/h5-16,21-22H,4H2,1-3H3,(H,25,29)/t21-,22+/m0/s1. The summed E-state index contributed by atoms with van der Waals surface area (Å²) in [5.41, 5.74) is 3.25. The van der Waals surface area contributed by atoms with Crippen molar-refractivity contribution in [3.05, 3.63) is 78.4 Å². The number of thiocarbonyl (C=S) groups is 1. The van der Waals surface area contributed by atoms with E-state index < -0.39 is 0 Å². The molecular weight excluding hydrogens is 380 g/mol. The van der Waals surface area contributed by atoms with Crippen LogP contribution in [-0.4, -0.2) is 32.2 Å². The van der Waals surface area contributed by atoms with Crippen molar-refractivity contribution < 1.29 is 4.74 Å². The van der Waals surface area contributed by atoms with Gasteiger partial charge in [0.2, 0.25) is 0 Å². The van der Waals surface area contributed by atoms with Crippen molar-refractivity contribution in [3.8, 4) is 11.4 Å². The highest BCUT2D eigenvalue weighted by Crippen LogP contribution is 2.40. The molecule has 2 atom stereocenters. The predicted octanol–water partition coefficient (Wildman–Crippen LogP) is 4.65. The van der Waals surface area contributed by atoms with E-state index in [1.807, 2.05) is 37.4 Å². The maximum atomic E-state index is 5.71. The normalized spacial score (nSPS) is 18.9. The molecule has 1 fully saturated rings. The van der Waals surface area contributed by atoms with Crippen LogP contribution in [0.5, 0.6) is 5.75 Å². The van der Waals surface area contributed by atoms with E-state index >= 15 is 0 Å². The fraction of sp³-hybridized carbons (Fsp3) is 0.304. The van der Waals surface area contributed by atoms with E-state index in [1.54, 1.807) is 0 Å². The minimum Gasteiger partial charge on any atom is -0.494 e. The molecule has 1 aromatic carbocycles. The van der Waals surface area contributed by atoms with Gasteiger partial charge in [0.15, 0.2) is 5.11 Å². The minimum atomic E-state index is -0.0116. The van der Waals surface area contributed by atoms with Crippen molar-refractivity contribution in [2.75, 3.05) is 6.61 Å². The molecule has 3 heterocycles. The third-order valence-corrected chi connectivity index (χ3v) is 5.53. The molecule has 1 N–H and O–H groups in total. The molecule has 3 aromatic rings. The summed E-state index contributed by atoms with van der Waals surface area (Å²) in [6, 6.07) is 18.8. The lowest BCUT2D eigenvalue weighted by Crippen LogP contribution is -2.36. The second-order valence-electron chi connectivity index (χ2n) is 7.36. The van der Waals surface area contributed by atoms with Crippen molar-refractivity contribution in [1.29, 1.82) is 0 Å². The highest BCUT2D eigenvalue weighted by Gasteiger charge is 2.42. The maximum Gasteiger partial charge on any atom is 0.170 e. The number of benzene rings is 1. The van der Waals surface area contributed by atoms with Crippen molar-refractivity contribution in [1.82, 2.24) is 19.8 Å². The molecule has 0 aliphatic carbocycles. The van der Waals surface area contributed by atoms with Crippen molar-refractivity contribution in [3.63, 3.8) is 0 Å². The molecule has 0 bridgehead atoms. The summed E-state index contributed by atoms with van der Waals surface area (Å²) in [7, 11) is 0. The first-order chi connectivity index (χ1) is 14.1. The number of nitrogens with zero attached hydrogens (tertiary/aromatic N) is 3. The number of ether oxygens (including phenoxy) is 1. The van der Waals surface area contributed by atoms with Crippen LogP contribution in [0.4, 0.5) is 0 Å². The van der Waals surface area contributed by atoms with Gasteiger partial charge in [-0.15, -0.1) is 0 Å².